The van der Waals surface area contributed by atoms with E-state index in [1.807, 2.05) is 30.3 Å². The van der Waals surface area contributed by atoms with E-state index in [9.17, 15) is 9.59 Å². The number of amides is 1. The minimum absolute atomic E-state index is 0.214. The van der Waals surface area contributed by atoms with Crippen molar-refractivity contribution >= 4 is 5.91 Å². The molecular weight excluding hydrogens is 316 g/mol. The van der Waals surface area contributed by atoms with Gasteiger partial charge in [0.15, 0.2) is 0 Å². The van der Waals surface area contributed by atoms with Crippen LogP contribution in [0.5, 0.6) is 0 Å². The molecule has 1 N–H and O–H groups in total. The summed E-state index contributed by atoms with van der Waals surface area (Å²) in [5.74, 6) is -0.237. The van der Waals surface area contributed by atoms with E-state index in [4.69, 9.17) is 0 Å². The molecule has 25 heavy (non-hydrogen) atoms. The summed E-state index contributed by atoms with van der Waals surface area (Å²) in [5.41, 5.74) is 1.03. The van der Waals surface area contributed by atoms with Crippen LogP contribution >= 0.6 is 0 Å². The van der Waals surface area contributed by atoms with Crippen LogP contribution in [0, 0.1) is 0 Å². The fraction of sp³-hybridized carbons (Fsp3) is 0.421. The molecule has 132 valence electrons. The predicted octanol–water partition coefficient (Wildman–Crippen LogP) is 1.51. The maximum atomic E-state index is 12.3. The normalized spacial score (nSPS) is 15.0. The SMILES string of the molecule is O=C(NCCN1CCCCC1)c1ccc(=O)n(Cc2ccccc2)n1. The minimum atomic E-state index is -0.237. The summed E-state index contributed by atoms with van der Waals surface area (Å²) in [6.45, 7) is 4.02. The molecule has 0 atom stereocenters. The highest BCUT2D eigenvalue weighted by Gasteiger charge is 2.12. The molecule has 6 nitrogen and oxygen atoms in total. The number of carbonyl (C=O) groups excluding carboxylic acids is 1. The molecule has 0 aliphatic carbocycles. The third kappa shape index (κ3) is 5.00. The number of hydrogen-bond donors (Lipinski definition) is 1. The van der Waals surface area contributed by atoms with Crippen molar-refractivity contribution in [2.24, 2.45) is 0 Å². The molecule has 2 heterocycles. The lowest BCUT2D eigenvalue weighted by atomic mass is 10.1. The largest absolute Gasteiger partial charge is 0.349 e. The quantitative estimate of drug-likeness (QED) is 0.865. The number of likely N-dealkylation sites (tertiary alicyclic amines) is 1. The van der Waals surface area contributed by atoms with Gasteiger partial charge in [0.1, 0.15) is 5.69 Å². The van der Waals surface area contributed by atoms with Gasteiger partial charge in [-0.05, 0) is 37.6 Å². The van der Waals surface area contributed by atoms with Crippen LogP contribution in [-0.4, -0.2) is 46.8 Å². The summed E-state index contributed by atoms with van der Waals surface area (Å²) in [6.07, 6.45) is 3.77. The van der Waals surface area contributed by atoms with Crippen LogP contribution < -0.4 is 10.9 Å². The van der Waals surface area contributed by atoms with E-state index in [-0.39, 0.29) is 17.2 Å². The Morgan fingerprint density at radius 3 is 2.56 bits per heavy atom. The van der Waals surface area contributed by atoms with Gasteiger partial charge in [-0.15, -0.1) is 0 Å². The summed E-state index contributed by atoms with van der Waals surface area (Å²) in [7, 11) is 0. The van der Waals surface area contributed by atoms with Crippen LogP contribution in [0.15, 0.2) is 47.3 Å². The first-order chi connectivity index (χ1) is 12.2. The third-order valence-electron chi connectivity index (χ3n) is 4.44. The Morgan fingerprint density at radius 1 is 1.04 bits per heavy atom. The number of piperidine rings is 1. The number of rotatable bonds is 6. The van der Waals surface area contributed by atoms with E-state index in [0.29, 0.717) is 13.1 Å². The van der Waals surface area contributed by atoms with Gasteiger partial charge in [0.25, 0.3) is 11.5 Å². The molecule has 2 aromatic rings. The van der Waals surface area contributed by atoms with Crippen LogP contribution in [0.25, 0.3) is 0 Å². The highest BCUT2D eigenvalue weighted by Crippen LogP contribution is 2.07. The highest BCUT2D eigenvalue weighted by atomic mass is 16.2. The van der Waals surface area contributed by atoms with E-state index in [1.165, 1.54) is 36.1 Å². The van der Waals surface area contributed by atoms with Crippen molar-refractivity contribution < 1.29 is 4.79 Å². The van der Waals surface area contributed by atoms with Crippen molar-refractivity contribution in [1.82, 2.24) is 20.0 Å². The first-order valence-electron chi connectivity index (χ1n) is 8.85. The maximum Gasteiger partial charge on any atom is 0.271 e. The lowest BCUT2D eigenvalue weighted by Crippen LogP contribution is -2.38. The first kappa shape index (κ1) is 17.4. The van der Waals surface area contributed by atoms with Gasteiger partial charge >= 0.3 is 0 Å². The zero-order valence-corrected chi connectivity index (χ0v) is 14.4. The number of nitrogens with zero attached hydrogens (tertiary/aromatic N) is 3. The van der Waals surface area contributed by atoms with Gasteiger partial charge in [-0.3, -0.25) is 9.59 Å². The second-order valence-electron chi connectivity index (χ2n) is 6.36. The average Bonchev–Trinajstić information content (AvgIpc) is 2.65. The van der Waals surface area contributed by atoms with Gasteiger partial charge in [0.2, 0.25) is 0 Å². The van der Waals surface area contributed by atoms with Crippen LogP contribution in [0.1, 0.15) is 35.3 Å². The molecule has 1 amide bonds. The second kappa shape index (κ2) is 8.58. The molecule has 0 spiro atoms. The first-order valence-corrected chi connectivity index (χ1v) is 8.85. The van der Waals surface area contributed by atoms with E-state index in [0.717, 1.165) is 25.2 Å². The Labute approximate surface area is 147 Å². The fourth-order valence-corrected chi connectivity index (χ4v) is 3.04. The lowest BCUT2D eigenvalue weighted by Gasteiger charge is -2.26. The Hall–Kier alpha value is -2.47. The Kier molecular flexibility index (Phi) is 5.95. The molecule has 1 aromatic carbocycles. The Morgan fingerprint density at radius 2 is 1.80 bits per heavy atom. The number of aromatic nitrogens is 2. The van der Waals surface area contributed by atoms with Gasteiger partial charge in [0, 0.05) is 19.2 Å². The summed E-state index contributed by atoms with van der Waals surface area (Å²) < 4.78 is 1.33. The summed E-state index contributed by atoms with van der Waals surface area (Å²) >= 11 is 0. The predicted molar refractivity (Wildman–Crippen MR) is 96.7 cm³/mol. The van der Waals surface area contributed by atoms with Gasteiger partial charge in [-0.25, -0.2) is 4.68 Å². The van der Waals surface area contributed by atoms with Crippen molar-refractivity contribution in [2.45, 2.75) is 25.8 Å². The molecule has 1 saturated heterocycles. The van der Waals surface area contributed by atoms with Crippen molar-refractivity contribution in [3.8, 4) is 0 Å². The van der Waals surface area contributed by atoms with E-state index in [1.54, 1.807) is 0 Å². The van der Waals surface area contributed by atoms with E-state index < -0.39 is 0 Å². The van der Waals surface area contributed by atoms with Crippen molar-refractivity contribution in [3.05, 3.63) is 64.1 Å². The zero-order chi connectivity index (χ0) is 17.5. The van der Waals surface area contributed by atoms with Crippen LogP contribution in [0.3, 0.4) is 0 Å². The molecule has 1 fully saturated rings. The Bertz CT molecular complexity index is 752. The maximum absolute atomic E-state index is 12.3. The van der Waals surface area contributed by atoms with Gasteiger partial charge in [-0.2, -0.15) is 5.10 Å². The molecule has 0 radical (unpaired) electrons. The second-order valence-corrected chi connectivity index (χ2v) is 6.36. The van der Waals surface area contributed by atoms with Crippen LogP contribution in [0.4, 0.5) is 0 Å². The average molecular weight is 340 g/mol. The molecular formula is C19H24N4O2. The van der Waals surface area contributed by atoms with Crippen molar-refractivity contribution in [3.63, 3.8) is 0 Å². The van der Waals surface area contributed by atoms with Gasteiger partial charge < -0.3 is 10.2 Å². The zero-order valence-electron chi connectivity index (χ0n) is 14.4. The van der Waals surface area contributed by atoms with Crippen LogP contribution in [0.2, 0.25) is 0 Å². The van der Waals surface area contributed by atoms with Crippen LogP contribution in [-0.2, 0) is 6.54 Å². The molecule has 1 aliphatic rings. The number of hydrogen-bond acceptors (Lipinski definition) is 4. The molecule has 1 aliphatic heterocycles. The Balaban J connectivity index is 1.58. The summed E-state index contributed by atoms with van der Waals surface area (Å²) in [5, 5.41) is 7.11. The third-order valence-corrected chi connectivity index (χ3v) is 4.44. The van der Waals surface area contributed by atoms with E-state index in [2.05, 4.69) is 15.3 Å². The molecule has 6 heteroatoms. The summed E-state index contributed by atoms with van der Waals surface area (Å²) in [6, 6.07) is 12.5. The minimum Gasteiger partial charge on any atom is -0.349 e. The fourth-order valence-electron chi connectivity index (χ4n) is 3.04. The molecule has 1 aromatic heterocycles. The standard InChI is InChI=1S/C19H24N4O2/c24-18-10-9-17(21-23(18)15-16-7-3-1-4-8-16)19(25)20-11-14-22-12-5-2-6-13-22/h1,3-4,7-10H,2,5-6,11-15H2,(H,20,25). The smallest absolute Gasteiger partial charge is 0.271 e. The van der Waals surface area contributed by atoms with E-state index >= 15 is 0 Å². The topological polar surface area (TPSA) is 67.2 Å². The number of carbonyl (C=O) groups is 1. The van der Waals surface area contributed by atoms with Gasteiger partial charge in [-0.1, -0.05) is 36.8 Å². The number of benzene rings is 1. The summed E-state index contributed by atoms with van der Waals surface area (Å²) in [4.78, 5) is 26.6. The van der Waals surface area contributed by atoms with Crippen molar-refractivity contribution in [1.29, 1.82) is 0 Å². The molecule has 0 unspecified atom stereocenters. The lowest BCUT2D eigenvalue weighted by molar-refractivity contribution is 0.0939. The highest BCUT2D eigenvalue weighted by molar-refractivity contribution is 5.91. The molecule has 0 saturated carbocycles. The van der Waals surface area contributed by atoms with Crippen molar-refractivity contribution in [2.75, 3.05) is 26.2 Å². The molecule has 3 rings (SSSR count). The monoisotopic (exact) mass is 340 g/mol. The molecule has 0 bridgehead atoms. The number of nitrogens with one attached hydrogen (secondary N) is 1. The van der Waals surface area contributed by atoms with Gasteiger partial charge in [0.05, 0.1) is 6.54 Å².